The summed E-state index contributed by atoms with van der Waals surface area (Å²) in [4.78, 5) is 17.8. The summed E-state index contributed by atoms with van der Waals surface area (Å²) in [6.45, 7) is 0. The highest BCUT2D eigenvalue weighted by molar-refractivity contribution is 7.98. The number of aromatic amines is 1. The zero-order chi connectivity index (χ0) is 19.3. The predicted octanol–water partition coefficient (Wildman–Crippen LogP) is 4.80. The van der Waals surface area contributed by atoms with Crippen LogP contribution in [-0.4, -0.2) is 25.4 Å². The lowest BCUT2D eigenvalue weighted by atomic mass is 10.1. The molecule has 7 nitrogen and oxygen atoms in total. The average molecular weight is 388 g/mol. The molecule has 0 fully saturated rings. The molecule has 0 spiro atoms. The van der Waals surface area contributed by atoms with E-state index in [9.17, 15) is 4.79 Å². The number of fused-ring (bicyclic) bond motifs is 4. The van der Waals surface area contributed by atoms with Crippen LogP contribution in [0.25, 0.3) is 27.5 Å². The molecule has 0 atom stereocenters. The Hall–Kier alpha value is -3.39. The smallest absolute Gasteiger partial charge is 0.295 e. The minimum absolute atomic E-state index is 0.157. The number of H-pyrrole nitrogens is 1. The molecule has 2 aromatic carbocycles. The van der Waals surface area contributed by atoms with Crippen molar-refractivity contribution >= 4 is 50.6 Å². The van der Waals surface area contributed by atoms with Crippen molar-refractivity contribution in [1.82, 2.24) is 19.2 Å². The SMILES string of the molecule is CSc1nc2c(N=Nc3ccccc3)c3c4ccccc4n(C)c3c(=O)n2[nH]1. The van der Waals surface area contributed by atoms with E-state index in [2.05, 4.69) is 20.3 Å². The van der Waals surface area contributed by atoms with Crippen LogP contribution in [-0.2, 0) is 7.05 Å². The summed E-state index contributed by atoms with van der Waals surface area (Å²) < 4.78 is 3.35. The van der Waals surface area contributed by atoms with E-state index in [0.29, 0.717) is 22.0 Å². The summed E-state index contributed by atoms with van der Waals surface area (Å²) in [5.74, 6) is 0. The number of thioether (sulfide) groups is 1. The van der Waals surface area contributed by atoms with Crippen LogP contribution in [0.3, 0.4) is 0 Å². The van der Waals surface area contributed by atoms with Crippen molar-refractivity contribution in [2.24, 2.45) is 17.3 Å². The molecule has 0 unspecified atom stereocenters. The van der Waals surface area contributed by atoms with E-state index in [-0.39, 0.29) is 5.56 Å². The first kappa shape index (κ1) is 16.8. The Morgan fingerprint density at radius 1 is 1.04 bits per heavy atom. The maximum absolute atomic E-state index is 13.2. The summed E-state index contributed by atoms with van der Waals surface area (Å²) in [6.07, 6.45) is 1.91. The van der Waals surface area contributed by atoms with E-state index < -0.39 is 0 Å². The molecule has 0 bridgehead atoms. The third-order valence-corrected chi connectivity index (χ3v) is 5.37. The second-order valence-electron chi connectivity index (χ2n) is 6.38. The Kier molecular flexibility index (Phi) is 3.80. The second kappa shape index (κ2) is 6.35. The predicted molar refractivity (Wildman–Crippen MR) is 112 cm³/mol. The molecule has 0 aliphatic carbocycles. The lowest BCUT2D eigenvalue weighted by molar-refractivity contribution is 0.857. The lowest BCUT2D eigenvalue weighted by Crippen LogP contribution is -2.16. The van der Waals surface area contributed by atoms with Crippen molar-refractivity contribution in [3.63, 3.8) is 0 Å². The monoisotopic (exact) mass is 388 g/mol. The van der Waals surface area contributed by atoms with Gasteiger partial charge in [0.25, 0.3) is 5.56 Å². The number of aryl methyl sites for hydroxylation is 1. The second-order valence-corrected chi connectivity index (χ2v) is 7.18. The van der Waals surface area contributed by atoms with Gasteiger partial charge in [0.05, 0.1) is 5.69 Å². The zero-order valence-corrected chi connectivity index (χ0v) is 16.1. The number of aromatic nitrogens is 4. The van der Waals surface area contributed by atoms with E-state index in [1.54, 1.807) is 0 Å². The maximum Gasteiger partial charge on any atom is 0.295 e. The van der Waals surface area contributed by atoms with Crippen LogP contribution >= 0.6 is 11.8 Å². The van der Waals surface area contributed by atoms with Gasteiger partial charge in [0, 0.05) is 23.3 Å². The standard InChI is InChI=1S/C20H16N6OS/c1-25-14-11-7-6-10-13(14)15-16(23-22-12-8-4-3-5-9-12)18-21-20(28-2)24-26(18)19(27)17(15)25/h3-11H,1-2H3,(H,21,24). The molecule has 138 valence electrons. The molecule has 1 N–H and O–H groups in total. The molecule has 3 heterocycles. The topological polar surface area (TPSA) is 79.8 Å². The van der Waals surface area contributed by atoms with Crippen molar-refractivity contribution < 1.29 is 0 Å². The first-order valence-corrected chi connectivity index (χ1v) is 9.94. The van der Waals surface area contributed by atoms with Gasteiger partial charge in [0.15, 0.2) is 10.8 Å². The van der Waals surface area contributed by atoms with Crippen molar-refractivity contribution in [3.05, 3.63) is 65.0 Å². The fraction of sp³-hybridized carbons (Fsp3) is 0.100. The normalized spacial score (nSPS) is 12.1. The van der Waals surface area contributed by atoms with E-state index in [1.165, 1.54) is 16.3 Å². The van der Waals surface area contributed by atoms with E-state index in [0.717, 1.165) is 22.0 Å². The highest BCUT2D eigenvalue weighted by atomic mass is 32.2. The third-order valence-electron chi connectivity index (χ3n) is 4.80. The van der Waals surface area contributed by atoms with E-state index in [1.807, 2.05) is 72.5 Å². The first-order chi connectivity index (χ1) is 13.7. The number of rotatable bonds is 3. The average Bonchev–Trinajstić information content (AvgIpc) is 3.30. The number of azo groups is 1. The Bertz CT molecular complexity index is 1430. The molecule has 8 heteroatoms. The Morgan fingerprint density at radius 3 is 2.57 bits per heavy atom. The molecule has 5 rings (SSSR count). The maximum atomic E-state index is 13.2. The number of pyridine rings is 1. The van der Waals surface area contributed by atoms with Gasteiger partial charge >= 0.3 is 0 Å². The summed E-state index contributed by atoms with van der Waals surface area (Å²) in [5.41, 5.74) is 3.15. The van der Waals surface area contributed by atoms with Crippen molar-refractivity contribution in [1.29, 1.82) is 0 Å². The number of hydrogen-bond donors (Lipinski definition) is 1. The van der Waals surface area contributed by atoms with E-state index in [4.69, 9.17) is 0 Å². The number of hydrogen-bond acceptors (Lipinski definition) is 5. The zero-order valence-electron chi connectivity index (χ0n) is 15.2. The summed E-state index contributed by atoms with van der Waals surface area (Å²) in [5, 5.41) is 14.4. The number of nitrogens with zero attached hydrogens (tertiary/aromatic N) is 5. The van der Waals surface area contributed by atoms with E-state index >= 15 is 0 Å². The molecule has 0 amide bonds. The van der Waals surface area contributed by atoms with Gasteiger partial charge in [-0.25, -0.2) is 4.98 Å². The highest BCUT2D eigenvalue weighted by Gasteiger charge is 2.21. The van der Waals surface area contributed by atoms with Crippen LogP contribution in [0.4, 0.5) is 11.4 Å². The van der Waals surface area contributed by atoms with Crippen LogP contribution in [0.5, 0.6) is 0 Å². The van der Waals surface area contributed by atoms with Gasteiger partial charge in [0.1, 0.15) is 11.2 Å². The van der Waals surface area contributed by atoms with Gasteiger partial charge in [0.2, 0.25) is 0 Å². The Balaban J connectivity index is 1.95. The van der Waals surface area contributed by atoms with Gasteiger partial charge in [-0.3, -0.25) is 9.89 Å². The van der Waals surface area contributed by atoms with Crippen molar-refractivity contribution in [2.75, 3.05) is 6.26 Å². The van der Waals surface area contributed by atoms with Gasteiger partial charge in [-0.15, -0.1) is 5.11 Å². The molecule has 0 aliphatic heterocycles. The molecule has 28 heavy (non-hydrogen) atoms. The molecule has 3 aromatic heterocycles. The van der Waals surface area contributed by atoms with Crippen molar-refractivity contribution in [2.45, 2.75) is 5.16 Å². The first-order valence-electron chi connectivity index (χ1n) is 8.71. The molecule has 0 saturated carbocycles. The number of para-hydroxylation sites is 1. The Labute approximate surface area is 163 Å². The fourth-order valence-corrected chi connectivity index (χ4v) is 3.88. The lowest BCUT2D eigenvalue weighted by Gasteiger charge is -2.01. The number of benzene rings is 2. The van der Waals surface area contributed by atoms with Crippen molar-refractivity contribution in [3.8, 4) is 0 Å². The summed E-state index contributed by atoms with van der Waals surface area (Å²) in [7, 11) is 1.89. The largest absolute Gasteiger partial charge is 0.339 e. The van der Waals surface area contributed by atoms with Gasteiger partial charge < -0.3 is 4.57 Å². The highest BCUT2D eigenvalue weighted by Crippen LogP contribution is 2.37. The fourth-order valence-electron chi connectivity index (χ4n) is 3.52. The summed E-state index contributed by atoms with van der Waals surface area (Å²) in [6, 6.07) is 17.4. The van der Waals surface area contributed by atoms with Gasteiger partial charge in [-0.1, -0.05) is 48.2 Å². The molecular weight excluding hydrogens is 372 g/mol. The molecular formula is C20H16N6OS. The molecule has 0 aliphatic rings. The van der Waals surface area contributed by atoms with Crippen LogP contribution < -0.4 is 5.56 Å². The van der Waals surface area contributed by atoms with Crippen LogP contribution in [0.2, 0.25) is 0 Å². The minimum atomic E-state index is -0.157. The van der Waals surface area contributed by atoms with Crippen LogP contribution in [0.1, 0.15) is 0 Å². The quantitative estimate of drug-likeness (QED) is 0.356. The number of nitrogens with one attached hydrogen (secondary N) is 1. The molecule has 0 radical (unpaired) electrons. The van der Waals surface area contributed by atoms with Crippen LogP contribution in [0, 0.1) is 0 Å². The summed E-state index contributed by atoms with van der Waals surface area (Å²) >= 11 is 1.44. The van der Waals surface area contributed by atoms with Gasteiger partial charge in [-0.2, -0.15) is 9.63 Å². The molecule has 0 saturated heterocycles. The van der Waals surface area contributed by atoms with Crippen LogP contribution in [0.15, 0.2) is 74.8 Å². The minimum Gasteiger partial charge on any atom is -0.339 e. The third kappa shape index (κ3) is 2.38. The Morgan fingerprint density at radius 2 is 1.79 bits per heavy atom. The molecule has 5 aromatic rings. The van der Waals surface area contributed by atoms with Gasteiger partial charge in [-0.05, 0) is 24.5 Å².